The molecule has 72 valence electrons. The lowest BCUT2D eigenvalue weighted by Crippen LogP contribution is -2.28. The zero-order valence-corrected chi connectivity index (χ0v) is 8.40. The van der Waals surface area contributed by atoms with Gasteiger partial charge in [-0.1, -0.05) is 0 Å². The van der Waals surface area contributed by atoms with Crippen molar-refractivity contribution >= 4 is 22.7 Å². The molecule has 1 N–H and O–H groups in total. The van der Waals surface area contributed by atoms with Crippen LogP contribution in [-0.4, -0.2) is 29.8 Å². The third kappa shape index (κ3) is 2.54. The fraction of sp³-hybridized carbons (Fsp3) is 0.778. The molecule has 1 saturated heterocycles. The minimum Gasteiger partial charge on any atom is -0.317 e. The Labute approximate surface area is 82.4 Å². The number of thioether (sulfide) groups is 1. The van der Waals surface area contributed by atoms with Crippen molar-refractivity contribution in [2.75, 3.05) is 18.8 Å². The van der Waals surface area contributed by atoms with Crippen LogP contribution in [0.25, 0.3) is 0 Å². The van der Waals surface area contributed by atoms with Gasteiger partial charge in [-0.25, -0.2) is 4.99 Å². The van der Waals surface area contributed by atoms with Crippen LogP contribution in [0.1, 0.15) is 19.3 Å². The van der Waals surface area contributed by atoms with Crippen LogP contribution in [0.2, 0.25) is 0 Å². The van der Waals surface area contributed by atoms with Crippen molar-refractivity contribution in [3.63, 3.8) is 0 Å². The third-order valence-electron chi connectivity index (χ3n) is 2.53. The molecule has 3 nitrogen and oxygen atoms in total. The van der Waals surface area contributed by atoms with Gasteiger partial charge in [-0.15, -0.1) is 11.8 Å². The summed E-state index contributed by atoms with van der Waals surface area (Å²) >= 11 is 1.62. The maximum Gasteiger partial charge on any atom is 0.256 e. The molecule has 0 saturated carbocycles. The van der Waals surface area contributed by atoms with Crippen molar-refractivity contribution in [3.05, 3.63) is 0 Å². The first kappa shape index (κ1) is 9.21. The van der Waals surface area contributed by atoms with Gasteiger partial charge in [0.1, 0.15) is 0 Å². The van der Waals surface area contributed by atoms with Crippen LogP contribution in [0.3, 0.4) is 0 Å². The third-order valence-corrected chi connectivity index (χ3v) is 3.52. The molecule has 0 aromatic carbocycles. The summed E-state index contributed by atoms with van der Waals surface area (Å²) in [5.41, 5.74) is 0. The number of hydrogen-bond acceptors (Lipinski definition) is 3. The van der Waals surface area contributed by atoms with Crippen molar-refractivity contribution in [2.45, 2.75) is 19.3 Å². The van der Waals surface area contributed by atoms with E-state index in [0.717, 1.165) is 30.5 Å². The Morgan fingerprint density at radius 1 is 1.46 bits per heavy atom. The van der Waals surface area contributed by atoms with E-state index >= 15 is 0 Å². The molecule has 0 unspecified atom stereocenters. The van der Waals surface area contributed by atoms with E-state index in [1.54, 1.807) is 11.8 Å². The summed E-state index contributed by atoms with van der Waals surface area (Å²) in [4.78, 5) is 14.9. The number of nitrogens with one attached hydrogen (secondary N) is 1. The molecular weight excluding hydrogens is 184 g/mol. The van der Waals surface area contributed by atoms with Crippen molar-refractivity contribution in [3.8, 4) is 0 Å². The average Bonchev–Trinajstić information content (AvgIpc) is 2.53. The molecule has 2 rings (SSSR count). The maximum absolute atomic E-state index is 10.9. The van der Waals surface area contributed by atoms with Gasteiger partial charge in [-0.2, -0.15) is 0 Å². The second-order valence-corrected chi connectivity index (χ2v) is 4.63. The molecule has 2 aliphatic heterocycles. The number of hydrogen-bond donors (Lipinski definition) is 1. The molecule has 0 radical (unpaired) electrons. The summed E-state index contributed by atoms with van der Waals surface area (Å²) in [7, 11) is 0. The minimum atomic E-state index is 0.0499. The van der Waals surface area contributed by atoms with Gasteiger partial charge in [0.05, 0.1) is 10.8 Å². The van der Waals surface area contributed by atoms with Crippen molar-refractivity contribution < 1.29 is 4.79 Å². The molecular formula is C9H14N2OS. The van der Waals surface area contributed by atoms with E-state index in [2.05, 4.69) is 10.3 Å². The lowest BCUT2D eigenvalue weighted by atomic mass is 9.95. The van der Waals surface area contributed by atoms with Crippen LogP contribution in [0, 0.1) is 5.92 Å². The lowest BCUT2D eigenvalue weighted by molar-refractivity contribution is -0.115. The first-order valence-electron chi connectivity index (χ1n) is 4.78. The van der Waals surface area contributed by atoms with Crippen molar-refractivity contribution in [2.24, 2.45) is 10.9 Å². The molecule has 0 aromatic rings. The predicted molar refractivity (Wildman–Crippen MR) is 55.1 cm³/mol. The number of aliphatic imine (C=N–C) groups is 1. The van der Waals surface area contributed by atoms with Gasteiger partial charge < -0.3 is 5.32 Å². The Kier molecular flexibility index (Phi) is 3.01. The quantitative estimate of drug-likeness (QED) is 0.721. The summed E-state index contributed by atoms with van der Waals surface area (Å²) in [6.45, 7) is 2.24. The SMILES string of the molecule is O=C1CSC(CC2CCNCC2)=N1. The Morgan fingerprint density at radius 2 is 2.23 bits per heavy atom. The van der Waals surface area contributed by atoms with Crippen LogP contribution in [-0.2, 0) is 4.79 Å². The van der Waals surface area contributed by atoms with E-state index in [9.17, 15) is 4.79 Å². The molecule has 4 heteroatoms. The van der Waals surface area contributed by atoms with Gasteiger partial charge in [0, 0.05) is 0 Å². The highest BCUT2D eigenvalue weighted by molar-refractivity contribution is 8.15. The first-order chi connectivity index (χ1) is 6.34. The lowest BCUT2D eigenvalue weighted by Gasteiger charge is -2.21. The fourth-order valence-electron chi connectivity index (χ4n) is 1.79. The Balaban J connectivity index is 1.83. The van der Waals surface area contributed by atoms with Crippen molar-refractivity contribution in [1.29, 1.82) is 0 Å². The molecule has 0 aliphatic carbocycles. The number of amides is 1. The minimum absolute atomic E-state index is 0.0499. The first-order valence-corrected chi connectivity index (χ1v) is 5.77. The zero-order valence-electron chi connectivity index (χ0n) is 7.58. The monoisotopic (exact) mass is 198 g/mol. The molecule has 2 aliphatic rings. The Morgan fingerprint density at radius 3 is 2.85 bits per heavy atom. The van der Waals surface area contributed by atoms with Crippen LogP contribution in [0.4, 0.5) is 0 Å². The number of piperidine rings is 1. The largest absolute Gasteiger partial charge is 0.317 e. The van der Waals surface area contributed by atoms with E-state index < -0.39 is 0 Å². The molecule has 0 spiro atoms. The number of carbonyl (C=O) groups is 1. The molecule has 0 aromatic heterocycles. The highest BCUT2D eigenvalue weighted by Gasteiger charge is 2.20. The van der Waals surface area contributed by atoms with E-state index in [1.807, 2.05) is 0 Å². The molecule has 1 fully saturated rings. The van der Waals surface area contributed by atoms with Gasteiger partial charge in [0.2, 0.25) is 0 Å². The fourth-order valence-corrected chi connectivity index (χ4v) is 2.66. The van der Waals surface area contributed by atoms with E-state index in [-0.39, 0.29) is 5.91 Å². The highest BCUT2D eigenvalue weighted by atomic mass is 32.2. The normalized spacial score (nSPS) is 24.9. The topological polar surface area (TPSA) is 41.5 Å². The molecule has 13 heavy (non-hydrogen) atoms. The summed E-state index contributed by atoms with van der Waals surface area (Å²) in [5, 5.41) is 4.40. The standard InChI is InChI=1S/C9H14N2OS/c12-8-6-13-9(11-8)5-7-1-3-10-4-2-7/h7,10H,1-6H2. The van der Waals surface area contributed by atoms with E-state index in [0.29, 0.717) is 5.75 Å². The van der Waals surface area contributed by atoms with Gasteiger partial charge in [-0.05, 0) is 38.3 Å². The number of nitrogens with zero attached hydrogens (tertiary/aromatic N) is 1. The summed E-state index contributed by atoms with van der Waals surface area (Å²) in [5.74, 6) is 1.37. The van der Waals surface area contributed by atoms with Crippen molar-refractivity contribution in [1.82, 2.24) is 5.32 Å². The second kappa shape index (κ2) is 4.24. The average molecular weight is 198 g/mol. The van der Waals surface area contributed by atoms with E-state index in [4.69, 9.17) is 0 Å². The van der Waals surface area contributed by atoms with Gasteiger partial charge >= 0.3 is 0 Å². The number of carbonyl (C=O) groups excluding carboxylic acids is 1. The highest BCUT2D eigenvalue weighted by Crippen LogP contribution is 2.24. The molecule has 0 bridgehead atoms. The van der Waals surface area contributed by atoms with Gasteiger partial charge in [0.25, 0.3) is 5.91 Å². The molecule has 1 amide bonds. The smallest absolute Gasteiger partial charge is 0.256 e. The van der Waals surface area contributed by atoms with E-state index in [1.165, 1.54) is 12.8 Å². The Bertz CT molecular complexity index is 234. The summed E-state index contributed by atoms with van der Waals surface area (Å²) < 4.78 is 0. The van der Waals surface area contributed by atoms with Crippen LogP contribution >= 0.6 is 11.8 Å². The molecule has 2 heterocycles. The predicted octanol–water partition coefficient (Wildman–Crippen LogP) is 1.05. The van der Waals surface area contributed by atoms with Crippen LogP contribution in [0.15, 0.2) is 4.99 Å². The Hall–Kier alpha value is -0.350. The van der Waals surface area contributed by atoms with Gasteiger partial charge in [-0.3, -0.25) is 4.79 Å². The second-order valence-electron chi connectivity index (χ2n) is 3.59. The zero-order chi connectivity index (χ0) is 9.10. The molecule has 0 atom stereocenters. The van der Waals surface area contributed by atoms with Crippen LogP contribution < -0.4 is 5.32 Å². The van der Waals surface area contributed by atoms with Crippen LogP contribution in [0.5, 0.6) is 0 Å². The summed E-state index contributed by atoms with van der Waals surface area (Å²) in [6.07, 6.45) is 3.49. The summed E-state index contributed by atoms with van der Waals surface area (Å²) in [6, 6.07) is 0. The number of rotatable bonds is 2. The maximum atomic E-state index is 10.9. The van der Waals surface area contributed by atoms with Gasteiger partial charge in [0.15, 0.2) is 0 Å².